The fourth-order valence-electron chi connectivity index (χ4n) is 2.89. The van der Waals surface area contributed by atoms with E-state index in [0.29, 0.717) is 21.7 Å². The fraction of sp³-hybridized carbons (Fsp3) is 0.0435. The van der Waals surface area contributed by atoms with Crippen molar-refractivity contribution in [3.63, 3.8) is 0 Å². The van der Waals surface area contributed by atoms with E-state index in [1.807, 2.05) is 0 Å². The van der Waals surface area contributed by atoms with Gasteiger partial charge in [0.25, 0.3) is 5.91 Å². The third-order valence-electron chi connectivity index (χ3n) is 4.43. The molecule has 1 N–H and O–H groups in total. The Labute approximate surface area is 179 Å². The van der Waals surface area contributed by atoms with Gasteiger partial charge in [-0.05, 0) is 60.7 Å². The Balaban J connectivity index is 1.78. The van der Waals surface area contributed by atoms with Gasteiger partial charge in [-0.15, -0.1) is 0 Å². The number of para-hydroxylation sites is 1. The number of hydrogen-bond acceptors (Lipinski definition) is 3. The fourth-order valence-corrected chi connectivity index (χ4v) is 3.01. The van der Waals surface area contributed by atoms with Crippen LogP contribution in [-0.4, -0.2) is 5.91 Å². The van der Waals surface area contributed by atoms with Gasteiger partial charge < -0.3 is 9.73 Å². The Morgan fingerprint density at radius 2 is 1.61 bits per heavy atom. The van der Waals surface area contributed by atoms with Gasteiger partial charge in [0.1, 0.15) is 11.1 Å². The first-order valence-electron chi connectivity index (χ1n) is 9.11. The lowest BCUT2D eigenvalue weighted by atomic mass is 10.1. The highest BCUT2D eigenvalue weighted by Gasteiger charge is 2.29. The zero-order valence-corrected chi connectivity index (χ0v) is 16.5. The lowest BCUT2D eigenvalue weighted by Gasteiger charge is -2.08. The SMILES string of the molecule is O=C(Nc1ccc(Cl)cc1)c1cc2ccccc2oc1=Nc1ccc(C(F)(F)F)cc1. The van der Waals surface area contributed by atoms with Gasteiger partial charge in [-0.2, -0.15) is 13.2 Å². The van der Waals surface area contributed by atoms with Crippen molar-refractivity contribution in [3.05, 3.63) is 101 Å². The quantitative estimate of drug-likeness (QED) is 0.389. The van der Waals surface area contributed by atoms with Crippen LogP contribution in [0.1, 0.15) is 15.9 Å². The van der Waals surface area contributed by atoms with Crippen LogP contribution in [0.2, 0.25) is 5.02 Å². The highest BCUT2D eigenvalue weighted by Crippen LogP contribution is 2.30. The molecule has 31 heavy (non-hydrogen) atoms. The number of carbonyl (C=O) groups is 1. The maximum absolute atomic E-state index is 12.9. The van der Waals surface area contributed by atoms with Crippen molar-refractivity contribution in [1.82, 2.24) is 0 Å². The summed E-state index contributed by atoms with van der Waals surface area (Å²) in [6.07, 6.45) is -4.45. The Morgan fingerprint density at radius 1 is 0.935 bits per heavy atom. The average Bonchev–Trinajstić information content (AvgIpc) is 2.74. The monoisotopic (exact) mass is 442 g/mol. The van der Waals surface area contributed by atoms with Crippen molar-refractivity contribution >= 4 is 39.9 Å². The van der Waals surface area contributed by atoms with Gasteiger partial charge >= 0.3 is 6.18 Å². The normalized spacial score (nSPS) is 12.2. The average molecular weight is 443 g/mol. The summed E-state index contributed by atoms with van der Waals surface area (Å²) in [6, 6.07) is 19.5. The van der Waals surface area contributed by atoms with E-state index in [0.717, 1.165) is 12.1 Å². The summed E-state index contributed by atoms with van der Waals surface area (Å²) < 4.78 is 44.2. The number of anilines is 1. The van der Waals surface area contributed by atoms with Crippen molar-refractivity contribution in [2.45, 2.75) is 6.18 Å². The molecule has 4 rings (SSSR count). The summed E-state index contributed by atoms with van der Waals surface area (Å²) in [5.41, 5.74) is 0.535. The van der Waals surface area contributed by atoms with Gasteiger partial charge in [0.15, 0.2) is 0 Å². The molecule has 156 valence electrons. The number of carbonyl (C=O) groups excluding carboxylic acids is 1. The van der Waals surface area contributed by atoms with E-state index in [-0.39, 0.29) is 16.8 Å². The summed E-state index contributed by atoms with van der Waals surface area (Å²) in [6.45, 7) is 0. The first kappa shape index (κ1) is 20.7. The topological polar surface area (TPSA) is 54.6 Å². The summed E-state index contributed by atoms with van der Waals surface area (Å²) in [7, 11) is 0. The van der Waals surface area contributed by atoms with Crippen LogP contribution in [0, 0.1) is 0 Å². The summed E-state index contributed by atoms with van der Waals surface area (Å²) in [4.78, 5) is 17.2. The third kappa shape index (κ3) is 4.78. The maximum atomic E-state index is 12.9. The first-order chi connectivity index (χ1) is 14.8. The van der Waals surface area contributed by atoms with Gasteiger partial charge in [0.2, 0.25) is 5.55 Å². The van der Waals surface area contributed by atoms with Crippen LogP contribution in [0.4, 0.5) is 24.5 Å². The molecule has 4 nitrogen and oxygen atoms in total. The first-order valence-corrected chi connectivity index (χ1v) is 9.49. The van der Waals surface area contributed by atoms with Crippen molar-refractivity contribution < 1.29 is 22.4 Å². The molecule has 0 saturated heterocycles. The van der Waals surface area contributed by atoms with E-state index in [2.05, 4.69) is 10.3 Å². The second-order valence-electron chi connectivity index (χ2n) is 6.62. The minimum Gasteiger partial charge on any atom is -0.438 e. The summed E-state index contributed by atoms with van der Waals surface area (Å²) in [5, 5.41) is 3.94. The number of amides is 1. The molecular weight excluding hydrogens is 429 g/mol. The Kier molecular flexibility index (Phi) is 5.52. The lowest BCUT2D eigenvalue weighted by molar-refractivity contribution is -0.137. The number of rotatable bonds is 3. The van der Waals surface area contributed by atoms with Crippen molar-refractivity contribution in [2.24, 2.45) is 4.99 Å². The number of halogens is 4. The van der Waals surface area contributed by atoms with Crippen molar-refractivity contribution in [3.8, 4) is 0 Å². The van der Waals surface area contributed by atoms with Gasteiger partial charge in [-0.1, -0.05) is 29.8 Å². The van der Waals surface area contributed by atoms with E-state index in [1.165, 1.54) is 12.1 Å². The molecule has 0 fully saturated rings. The van der Waals surface area contributed by atoms with Crippen LogP contribution in [0.25, 0.3) is 11.0 Å². The van der Waals surface area contributed by atoms with Crippen molar-refractivity contribution in [2.75, 3.05) is 5.32 Å². The molecule has 0 saturated carbocycles. The predicted molar refractivity (Wildman–Crippen MR) is 112 cm³/mol. The Bertz CT molecular complexity index is 1310. The Morgan fingerprint density at radius 3 is 2.29 bits per heavy atom. The zero-order valence-electron chi connectivity index (χ0n) is 15.8. The number of benzene rings is 3. The molecule has 0 bridgehead atoms. The maximum Gasteiger partial charge on any atom is 0.416 e. The third-order valence-corrected chi connectivity index (χ3v) is 4.68. The van der Waals surface area contributed by atoms with E-state index in [9.17, 15) is 18.0 Å². The van der Waals surface area contributed by atoms with Crippen molar-refractivity contribution in [1.29, 1.82) is 0 Å². The van der Waals surface area contributed by atoms with Crippen LogP contribution in [-0.2, 0) is 6.18 Å². The molecule has 0 spiro atoms. The number of fused-ring (bicyclic) bond motifs is 1. The number of nitrogens with zero attached hydrogens (tertiary/aromatic N) is 1. The number of alkyl halides is 3. The van der Waals surface area contributed by atoms with Gasteiger partial charge in [-0.3, -0.25) is 4.79 Å². The highest BCUT2D eigenvalue weighted by atomic mass is 35.5. The molecule has 1 heterocycles. The predicted octanol–water partition coefficient (Wildman–Crippen LogP) is 6.59. The van der Waals surface area contributed by atoms with Gasteiger partial charge in [0, 0.05) is 16.1 Å². The van der Waals surface area contributed by atoms with Gasteiger partial charge in [-0.25, -0.2) is 4.99 Å². The standard InChI is InChI=1S/C23H14ClF3N2O2/c24-16-7-11-17(12-8-16)28-21(30)19-13-14-3-1-2-4-20(14)31-22(19)29-18-9-5-15(6-10-18)23(25,26)27/h1-13H,(H,28,30). The van der Waals surface area contributed by atoms with E-state index >= 15 is 0 Å². The molecule has 0 unspecified atom stereocenters. The molecule has 4 aromatic rings. The minimum absolute atomic E-state index is 0.0232. The molecule has 0 radical (unpaired) electrons. The molecule has 0 aliphatic rings. The minimum atomic E-state index is -4.45. The van der Waals surface area contributed by atoms with E-state index in [1.54, 1.807) is 54.6 Å². The van der Waals surface area contributed by atoms with Crippen LogP contribution >= 0.6 is 11.6 Å². The second-order valence-corrected chi connectivity index (χ2v) is 7.06. The number of nitrogens with one attached hydrogen (secondary N) is 1. The smallest absolute Gasteiger partial charge is 0.416 e. The van der Waals surface area contributed by atoms with Crippen LogP contribution < -0.4 is 10.9 Å². The largest absolute Gasteiger partial charge is 0.438 e. The lowest BCUT2D eigenvalue weighted by Crippen LogP contribution is -2.21. The van der Waals surface area contributed by atoms with E-state index in [4.69, 9.17) is 16.0 Å². The summed E-state index contributed by atoms with van der Waals surface area (Å²) >= 11 is 5.87. The molecule has 1 aromatic heterocycles. The molecule has 3 aromatic carbocycles. The molecule has 0 aliphatic carbocycles. The summed E-state index contributed by atoms with van der Waals surface area (Å²) in [5.74, 6) is -0.484. The van der Waals surface area contributed by atoms with E-state index < -0.39 is 17.6 Å². The Hall–Kier alpha value is -3.58. The molecule has 0 aliphatic heterocycles. The van der Waals surface area contributed by atoms with Crippen LogP contribution in [0.5, 0.6) is 0 Å². The van der Waals surface area contributed by atoms with Crippen LogP contribution in [0.3, 0.4) is 0 Å². The second kappa shape index (κ2) is 8.28. The van der Waals surface area contributed by atoms with Gasteiger partial charge in [0.05, 0.1) is 11.3 Å². The molecular formula is C23H14ClF3N2O2. The number of hydrogen-bond donors (Lipinski definition) is 1. The zero-order chi connectivity index (χ0) is 22.0. The van der Waals surface area contributed by atoms with Crippen LogP contribution in [0.15, 0.2) is 88.3 Å². The molecule has 8 heteroatoms. The highest BCUT2D eigenvalue weighted by molar-refractivity contribution is 6.30. The molecule has 1 amide bonds. The molecule has 0 atom stereocenters.